The molecule has 30 heavy (non-hydrogen) atoms. The number of pyridine rings is 1. The van der Waals surface area contributed by atoms with Gasteiger partial charge in [-0.25, -0.2) is 4.98 Å². The lowest BCUT2D eigenvalue weighted by Crippen LogP contribution is -2.30. The largest absolute Gasteiger partial charge is 0.507 e. The number of carbonyl (C=O) groups is 2. The molecule has 2 aromatic carbocycles. The van der Waals surface area contributed by atoms with E-state index in [0.29, 0.717) is 22.7 Å². The van der Waals surface area contributed by atoms with E-state index in [1.807, 2.05) is 12.1 Å². The molecule has 4 rings (SSSR count). The first-order chi connectivity index (χ1) is 14.5. The summed E-state index contributed by atoms with van der Waals surface area (Å²) in [6.45, 7) is 0. The molecule has 6 nitrogen and oxygen atoms in total. The lowest BCUT2D eigenvalue weighted by Gasteiger charge is -2.24. The van der Waals surface area contributed by atoms with Gasteiger partial charge in [0.1, 0.15) is 17.3 Å². The highest BCUT2D eigenvalue weighted by molar-refractivity contribution is 9.10. The summed E-state index contributed by atoms with van der Waals surface area (Å²) in [5.74, 6) is -0.922. The molecule has 1 aromatic heterocycles. The normalized spacial score (nSPS) is 17.9. The molecule has 0 aliphatic carbocycles. The number of aromatic nitrogens is 1. The number of rotatable bonds is 4. The van der Waals surface area contributed by atoms with Crippen LogP contribution < -0.4 is 9.64 Å². The van der Waals surface area contributed by atoms with Crippen LogP contribution in [0.2, 0.25) is 0 Å². The van der Waals surface area contributed by atoms with Gasteiger partial charge in [0.25, 0.3) is 5.78 Å². The van der Waals surface area contributed by atoms with Crippen LogP contribution in [0.15, 0.2) is 83.0 Å². The molecule has 0 spiro atoms. The van der Waals surface area contributed by atoms with E-state index in [0.717, 1.165) is 4.47 Å². The fourth-order valence-corrected chi connectivity index (χ4v) is 3.72. The fourth-order valence-electron chi connectivity index (χ4n) is 3.45. The molecule has 1 N–H and O–H groups in total. The predicted octanol–water partition coefficient (Wildman–Crippen LogP) is 4.48. The van der Waals surface area contributed by atoms with Gasteiger partial charge in [-0.1, -0.05) is 46.3 Å². The highest BCUT2D eigenvalue weighted by Gasteiger charge is 2.47. The number of benzene rings is 2. The number of methoxy groups -OCH3 is 1. The second kappa shape index (κ2) is 8.12. The minimum atomic E-state index is -0.820. The van der Waals surface area contributed by atoms with Crippen LogP contribution in [0.1, 0.15) is 17.2 Å². The van der Waals surface area contributed by atoms with Crippen molar-refractivity contribution in [2.75, 3.05) is 12.0 Å². The summed E-state index contributed by atoms with van der Waals surface area (Å²) in [6.07, 6.45) is 1.55. The first-order valence-electron chi connectivity index (χ1n) is 9.13. The van der Waals surface area contributed by atoms with Crippen molar-refractivity contribution in [2.45, 2.75) is 6.04 Å². The third-order valence-corrected chi connectivity index (χ3v) is 5.40. The lowest BCUT2D eigenvalue weighted by molar-refractivity contribution is -0.132. The minimum Gasteiger partial charge on any atom is -0.507 e. The summed E-state index contributed by atoms with van der Waals surface area (Å²) >= 11 is 3.40. The molecule has 150 valence electrons. The Morgan fingerprint density at radius 2 is 1.83 bits per heavy atom. The Bertz CT molecular complexity index is 1140. The smallest absolute Gasteiger partial charge is 0.301 e. The van der Waals surface area contributed by atoms with E-state index in [4.69, 9.17) is 4.74 Å². The molecule has 1 atom stereocenters. The highest BCUT2D eigenvalue weighted by atomic mass is 79.9. The van der Waals surface area contributed by atoms with Gasteiger partial charge in [0.05, 0.1) is 18.7 Å². The standard InChI is InChI=1S/C23H17BrN2O4/c1-30-17-6-4-5-15(13-17)21(27)19-20(14-8-10-16(24)11-9-14)26(23(29)22(19)28)18-7-2-3-12-25-18/h2-13,20,27H,1H3/b21-19+/t20-/m0/s1. The second-order valence-electron chi connectivity index (χ2n) is 6.64. The molecule has 0 unspecified atom stereocenters. The Morgan fingerprint density at radius 3 is 2.50 bits per heavy atom. The van der Waals surface area contributed by atoms with Crippen LogP contribution in [0, 0.1) is 0 Å². The number of hydrogen-bond donors (Lipinski definition) is 1. The summed E-state index contributed by atoms with van der Waals surface area (Å²) in [6, 6.07) is 18.2. The van der Waals surface area contributed by atoms with Crippen LogP contribution in [0.4, 0.5) is 5.82 Å². The average Bonchev–Trinajstić information content (AvgIpc) is 3.05. The Labute approximate surface area is 181 Å². The number of nitrogens with zero attached hydrogens (tertiary/aromatic N) is 2. The zero-order valence-corrected chi connectivity index (χ0v) is 17.5. The Hall–Kier alpha value is -3.45. The monoisotopic (exact) mass is 464 g/mol. The van der Waals surface area contributed by atoms with Crippen molar-refractivity contribution in [3.05, 3.63) is 94.1 Å². The number of Topliss-reactive ketones (excluding diaryl/α,β-unsaturated/α-hetero) is 1. The van der Waals surface area contributed by atoms with Gasteiger partial charge in [-0.3, -0.25) is 14.5 Å². The Kier molecular flexibility index (Phi) is 5.37. The SMILES string of the molecule is COc1cccc(/C(O)=C2\C(=O)C(=O)N(c3ccccn3)[C@H]2c2ccc(Br)cc2)c1. The summed E-state index contributed by atoms with van der Waals surface area (Å²) in [5, 5.41) is 11.1. The van der Waals surface area contributed by atoms with Gasteiger partial charge in [-0.15, -0.1) is 0 Å². The van der Waals surface area contributed by atoms with Gasteiger partial charge >= 0.3 is 5.91 Å². The molecule has 0 saturated carbocycles. The average molecular weight is 465 g/mol. The number of hydrogen-bond acceptors (Lipinski definition) is 5. The van der Waals surface area contributed by atoms with E-state index in [1.165, 1.54) is 12.0 Å². The van der Waals surface area contributed by atoms with Crippen molar-refractivity contribution in [3.8, 4) is 5.75 Å². The van der Waals surface area contributed by atoms with Crippen LogP contribution in [0.5, 0.6) is 5.75 Å². The summed E-state index contributed by atoms with van der Waals surface area (Å²) < 4.78 is 6.07. The number of aliphatic hydroxyl groups excluding tert-OH is 1. The van der Waals surface area contributed by atoms with Crippen molar-refractivity contribution >= 4 is 39.2 Å². The number of halogens is 1. The molecule has 1 saturated heterocycles. The first-order valence-corrected chi connectivity index (χ1v) is 9.92. The molecule has 1 aliphatic heterocycles. The number of anilines is 1. The highest BCUT2D eigenvalue weighted by Crippen LogP contribution is 2.41. The summed E-state index contributed by atoms with van der Waals surface area (Å²) in [7, 11) is 1.51. The second-order valence-corrected chi connectivity index (χ2v) is 7.56. The van der Waals surface area contributed by atoms with Gasteiger partial charge in [0, 0.05) is 16.2 Å². The maximum absolute atomic E-state index is 13.0. The number of ketones is 1. The molecule has 2 heterocycles. The molecule has 7 heteroatoms. The molecule has 0 bridgehead atoms. The van der Waals surface area contributed by atoms with Gasteiger partial charge in [0.2, 0.25) is 0 Å². The Morgan fingerprint density at radius 1 is 1.07 bits per heavy atom. The molecule has 1 amide bonds. The Balaban J connectivity index is 1.94. The molecule has 0 radical (unpaired) electrons. The van der Waals surface area contributed by atoms with E-state index in [-0.39, 0.29) is 11.3 Å². The molecular weight excluding hydrogens is 448 g/mol. The van der Waals surface area contributed by atoms with Gasteiger partial charge in [-0.05, 0) is 42.0 Å². The van der Waals surface area contributed by atoms with Crippen molar-refractivity contribution < 1.29 is 19.4 Å². The van der Waals surface area contributed by atoms with Crippen LogP contribution in [0.3, 0.4) is 0 Å². The number of carbonyl (C=O) groups excluding carboxylic acids is 2. The predicted molar refractivity (Wildman–Crippen MR) is 116 cm³/mol. The van der Waals surface area contributed by atoms with Crippen LogP contribution in [-0.4, -0.2) is 28.9 Å². The van der Waals surface area contributed by atoms with Crippen LogP contribution >= 0.6 is 15.9 Å². The lowest BCUT2D eigenvalue weighted by atomic mass is 9.95. The molecular formula is C23H17BrN2O4. The van der Waals surface area contributed by atoms with E-state index in [1.54, 1.807) is 60.8 Å². The maximum atomic E-state index is 13.0. The van der Waals surface area contributed by atoms with Crippen molar-refractivity contribution in [3.63, 3.8) is 0 Å². The number of amides is 1. The van der Waals surface area contributed by atoms with Crippen LogP contribution in [0.25, 0.3) is 5.76 Å². The third-order valence-electron chi connectivity index (χ3n) is 4.87. The van der Waals surface area contributed by atoms with E-state index in [2.05, 4.69) is 20.9 Å². The van der Waals surface area contributed by atoms with Crippen molar-refractivity contribution in [2.24, 2.45) is 0 Å². The van der Waals surface area contributed by atoms with Crippen molar-refractivity contribution in [1.82, 2.24) is 4.98 Å². The maximum Gasteiger partial charge on any atom is 0.301 e. The van der Waals surface area contributed by atoms with Gasteiger partial charge < -0.3 is 9.84 Å². The van der Waals surface area contributed by atoms with Crippen molar-refractivity contribution in [1.29, 1.82) is 0 Å². The third kappa shape index (κ3) is 3.48. The topological polar surface area (TPSA) is 79.7 Å². The van der Waals surface area contributed by atoms with E-state index >= 15 is 0 Å². The quantitative estimate of drug-likeness (QED) is 0.349. The molecule has 1 aliphatic rings. The molecule has 1 fully saturated rings. The number of ether oxygens (including phenoxy) is 1. The van der Waals surface area contributed by atoms with Gasteiger partial charge in [-0.2, -0.15) is 0 Å². The number of aliphatic hydroxyl groups is 1. The fraction of sp³-hybridized carbons (Fsp3) is 0.0870. The zero-order valence-electron chi connectivity index (χ0n) is 15.9. The van der Waals surface area contributed by atoms with E-state index < -0.39 is 17.7 Å². The first kappa shape index (κ1) is 19.8. The molecule has 3 aromatic rings. The van der Waals surface area contributed by atoms with E-state index in [9.17, 15) is 14.7 Å². The summed E-state index contributed by atoms with van der Waals surface area (Å²) in [5.41, 5.74) is 1.06. The van der Waals surface area contributed by atoms with Crippen LogP contribution in [-0.2, 0) is 9.59 Å². The van der Waals surface area contributed by atoms with Gasteiger partial charge in [0.15, 0.2) is 0 Å². The minimum absolute atomic E-state index is 0.00114. The summed E-state index contributed by atoms with van der Waals surface area (Å²) in [4.78, 5) is 31.6. The zero-order chi connectivity index (χ0) is 21.3.